The van der Waals surface area contributed by atoms with Gasteiger partial charge >= 0.3 is 6.18 Å². The predicted octanol–water partition coefficient (Wildman–Crippen LogP) is 3.67. The van der Waals surface area contributed by atoms with E-state index in [0.717, 1.165) is 28.8 Å². The molecule has 4 heterocycles. The molecule has 0 aliphatic carbocycles. The number of aryl methyl sites for hydroxylation is 3. The second kappa shape index (κ2) is 9.40. The third kappa shape index (κ3) is 4.87. The van der Waals surface area contributed by atoms with Gasteiger partial charge in [0, 0.05) is 32.9 Å². The largest absolute Gasteiger partial charge is 0.433 e. The fraction of sp³-hybridized carbons (Fsp3) is 0.435. The summed E-state index contributed by atoms with van der Waals surface area (Å²) >= 11 is 0. The molecule has 8 nitrogen and oxygen atoms in total. The van der Waals surface area contributed by atoms with Gasteiger partial charge in [-0.2, -0.15) is 18.3 Å². The highest BCUT2D eigenvalue weighted by Gasteiger charge is 2.34. The Morgan fingerprint density at radius 3 is 2.44 bits per heavy atom. The Kier molecular flexibility index (Phi) is 6.94. The molecule has 4 rings (SSSR count). The number of pyridine rings is 1. The summed E-state index contributed by atoms with van der Waals surface area (Å²) in [5, 5.41) is 4.30. The minimum Gasteiger partial charge on any atom is -0.346 e. The van der Waals surface area contributed by atoms with Crippen molar-refractivity contribution in [2.24, 2.45) is 0 Å². The van der Waals surface area contributed by atoms with Crippen LogP contribution in [0.5, 0.6) is 0 Å². The fourth-order valence-corrected chi connectivity index (χ4v) is 3.85. The number of hydrogen-bond donors (Lipinski definition) is 0. The van der Waals surface area contributed by atoms with Crippen molar-refractivity contribution in [1.82, 2.24) is 24.7 Å². The minimum atomic E-state index is -4.45. The number of carbonyl (C=O) groups excluding carboxylic acids is 1. The second-order valence-electron chi connectivity index (χ2n) is 8.18. The summed E-state index contributed by atoms with van der Waals surface area (Å²) in [5.74, 6) is 1.41. The van der Waals surface area contributed by atoms with Gasteiger partial charge in [0.15, 0.2) is 5.82 Å². The van der Waals surface area contributed by atoms with E-state index >= 15 is 0 Å². The molecule has 11 heteroatoms. The van der Waals surface area contributed by atoms with Crippen molar-refractivity contribution in [3.63, 3.8) is 0 Å². The number of halogens is 3. The van der Waals surface area contributed by atoms with Gasteiger partial charge in [0.25, 0.3) is 0 Å². The first-order chi connectivity index (χ1) is 15.5. The molecule has 0 saturated carbocycles. The molecule has 0 N–H and O–H groups in total. The summed E-state index contributed by atoms with van der Waals surface area (Å²) in [6, 6.07) is 2.07. The molecule has 1 aliphatic rings. The second-order valence-corrected chi connectivity index (χ2v) is 8.18. The number of nitrogens with zero attached hydrogens (tertiary/aromatic N) is 7. The first-order valence-electron chi connectivity index (χ1n) is 10.5. The summed E-state index contributed by atoms with van der Waals surface area (Å²) in [6.45, 7) is 4.04. The van der Waals surface area contributed by atoms with Crippen LogP contribution in [-0.2, 0) is 30.4 Å². The maximum atomic E-state index is 12.7. The normalized spacial score (nSPS) is 15.9. The van der Waals surface area contributed by atoms with Crippen LogP contribution in [0.2, 0.25) is 0 Å². The van der Waals surface area contributed by atoms with E-state index in [9.17, 15) is 18.0 Å². The molecular formula is C23H28F3N7O. The molecule has 0 aromatic carbocycles. The lowest BCUT2D eigenvalue weighted by molar-refractivity contribution is -0.141. The Labute approximate surface area is 196 Å². The van der Waals surface area contributed by atoms with Gasteiger partial charge < -0.3 is 9.80 Å². The molecule has 0 bridgehead atoms. The van der Waals surface area contributed by atoms with Crippen molar-refractivity contribution in [3.8, 4) is 0 Å². The lowest BCUT2D eigenvalue weighted by Gasteiger charge is -2.37. The quantitative estimate of drug-likeness (QED) is 0.560. The number of carbonyl (C=O) groups is 1. The lowest BCUT2D eigenvalue weighted by Crippen LogP contribution is -2.50. The molecule has 3 aromatic rings. The van der Waals surface area contributed by atoms with Crippen LogP contribution in [0.25, 0.3) is 0 Å². The van der Waals surface area contributed by atoms with Crippen LogP contribution in [0.1, 0.15) is 42.7 Å². The van der Waals surface area contributed by atoms with Crippen LogP contribution in [0, 0.1) is 6.92 Å². The Balaban J connectivity index is 0.00000324. The van der Waals surface area contributed by atoms with Crippen LogP contribution in [0.15, 0.2) is 30.7 Å². The molecular weight excluding hydrogens is 447 g/mol. The van der Waals surface area contributed by atoms with Crippen molar-refractivity contribution >= 4 is 17.4 Å². The van der Waals surface area contributed by atoms with Crippen LogP contribution in [-0.4, -0.2) is 50.8 Å². The van der Waals surface area contributed by atoms with Crippen molar-refractivity contribution in [2.45, 2.75) is 52.9 Å². The molecule has 3 aromatic heterocycles. The molecule has 34 heavy (non-hydrogen) atoms. The van der Waals surface area contributed by atoms with Crippen LogP contribution in [0.3, 0.4) is 0 Å². The summed E-state index contributed by atoms with van der Waals surface area (Å²) in [5.41, 5.74) is 2.14. The summed E-state index contributed by atoms with van der Waals surface area (Å²) < 4.78 is 39.6. The zero-order valence-corrected chi connectivity index (χ0v) is 18.8. The average Bonchev–Trinajstić information content (AvgIpc) is 3.21. The number of likely N-dealkylation sites (N-methyl/N-ethyl adjacent to an activating group) is 2. The highest BCUT2D eigenvalue weighted by atomic mass is 19.4. The van der Waals surface area contributed by atoms with E-state index in [1.807, 2.05) is 32.0 Å². The van der Waals surface area contributed by atoms with Crippen LogP contribution >= 0.6 is 0 Å². The molecule has 1 atom stereocenters. The predicted molar refractivity (Wildman–Crippen MR) is 123 cm³/mol. The molecule has 182 valence electrons. The van der Waals surface area contributed by atoms with E-state index in [-0.39, 0.29) is 19.4 Å². The number of alkyl halides is 3. The monoisotopic (exact) mass is 475 g/mol. The highest BCUT2D eigenvalue weighted by molar-refractivity contribution is 6.04. The van der Waals surface area contributed by atoms with Crippen LogP contribution in [0.4, 0.5) is 24.7 Å². The zero-order chi connectivity index (χ0) is 23.9. The number of fused-ring (bicyclic) bond motifs is 1. The molecule has 0 unspecified atom stereocenters. The highest BCUT2D eigenvalue weighted by Crippen LogP contribution is 2.34. The van der Waals surface area contributed by atoms with Crippen molar-refractivity contribution in [1.29, 1.82) is 0 Å². The first-order valence-corrected chi connectivity index (χ1v) is 10.5. The van der Waals surface area contributed by atoms with Crippen molar-refractivity contribution in [2.75, 3.05) is 23.9 Å². The van der Waals surface area contributed by atoms with Crippen molar-refractivity contribution < 1.29 is 18.0 Å². The van der Waals surface area contributed by atoms with E-state index in [1.165, 1.54) is 12.3 Å². The summed E-state index contributed by atoms with van der Waals surface area (Å²) in [6.07, 6.45) is 1.57. The Hall–Kier alpha value is -3.50. The standard InChI is InChI=1S/C22H24F3N7O.CH4/c1-13-19-20(30(3)14(2)21(33)31(19)4)29-18(28-13)8-6-16-10-27-32(12-16)11-15-5-7-17(26-9-15)22(23,24)25;/h5,7,9-10,12,14H,6,8,11H2,1-4H3;1H4/t14-;/m1./s1. The van der Waals surface area contributed by atoms with E-state index in [1.54, 1.807) is 22.8 Å². The maximum absolute atomic E-state index is 12.7. The molecule has 1 aliphatic heterocycles. The number of rotatable bonds is 5. The van der Waals surface area contributed by atoms with Crippen LogP contribution < -0.4 is 9.80 Å². The number of aromatic nitrogens is 5. The first kappa shape index (κ1) is 25.1. The lowest BCUT2D eigenvalue weighted by atomic mass is 10.1. The number of anilines is 2. The van der Waals surface area contributed by atoms with Crippen molar-refractivity contribution in [3.05, 3.63) is 59.1 Å². The van der Waals surface area contributed by atoms with Gasteiger partial charge in [-0.05, 0) is 37.5 Å². The molecule has 0 spiro atoms. The van der Waals surface area contributed by atoms with Gasteiger partial charge in [0.2, 0.25) is 5.91 Å². The Morgan fingerprint density at radius 2 is 1.79 bits per heavy atom. The van der Waals surface area contributed by atoms with Gasteiger partial charge in [-0.1, -0.05) is 13.5 Å². The molecule has 0 saturated heterocycles. The molecule has 0 fully saturated rings. The molecule has 1 amide bonds. The van der Waals surface area contributed by atoms with E-state index in [2.05, 4.69) is 15.1 Å². The summed E-state index contributed by atoms with van der Waals surface area (Å²) in [7, 11) is 3.59. The zero-order valence-electron chi connectivity index (χ0n) is 18.8. The average molecular weight is 476 g/mol. The SMILES string of the molecule is C.Cc1nc(CCc2cnn(Cc3ccc(C(F)(F)F)nc3)c2)nc2c1N(C)C(=O)[C@@H](C)N2C. The fourth-order valence-electron chi connectivity index (χ4n) is 3.85. The minimum absolute atomic E-state index is 0. The van der Waals surface area contributed by atoms with E-state index < -0.39 is 11.9 Å². The summed E-state index contributed by atoms with van der Waals surface area (Å²) in [4.78, 5) is 28.7. The number of amides is 1. The topological polar surface area (TPSA) is 80.0 Å². The van der Waals surface area contributed by atoms with Gasteiger partial charge in [-0.25, -0.2) is 9.97 Å². The number of hydrogen-bond acceptors (Lipinski definition) is 6. The Morgan fingerprint density at radius 1 is 1.06 bits per heavy atom. The van der Waals surface area contributed by atoms with Gasteiger partial charge in [-0.15, -0.1) is 0 Å². The van der Waals surface area contributed by atoms with Gasteiger partial charge in [0.05, 0.1) is 18.4 Å². The third-order valence-corrected chi connectivity index (χ3v) is 5.81. The molecule has 0 radical (unpaired) electrons. The van der Waals surface area contributed by atoms with Gasteiger partial charge in [-0.3, -0.25) is 14.5 Å². The Bertz CT molecular complexity index is 1170. The third-order valence-electron chi connectivity index (χ3n) is 5.81. The van der Waals surface area contributed by atoms with Gasteiger partial charge in [0.1, 0.15) is 23.2 Å². The smallest absolute Gasteiger partial charge is 0.346 e. The van der Waals surface area contributed by atoms with E-state index in [0.29, 0.717) is 30.8 Å². The maximum Gasteiger partial charge on any atom is 0.433 e. The van der Waals surface area contributed by atoms with E-state index in [4.69, 9.17) is 4.98 Å².